The fraction of sp³-hybridized carbons (Fsp3) is 0.211. The number of halogens is 2. The van der Waals surface area contributed by atoms with Crippen LogP contribution < -0.4 is 5.32 Å². The zero-order valence-electron chi connectivity index (χ0n) is 15.0. The number of aliphatic hydroxyl groups is 1. The fourth-order valence-corrected chi connectivity index (χ4v) is 3.10. The summed E-state index contributed by atoms with van der Waals surface area (Å²) in [5.41, 5.74) is 1.47. The van der Waals surface area contributed by atoms with Gasteiger partial charge in [-0.05, 0) is 25.1 Å². The highest BCUT2D eigenvalue weighted by Crippen LogP contribution is 2.32. The molecule has 0 spiro atoms. The molecule has 9 heteroatoms. The maximum Gasteiger partial charge on any atom is 0.264 e. The molecule has 7 nitrogen and oxygen atoms in total. The van der Waals surface area contributed by atoms with Crippen molar-refractivity contribution in [2.75, 3.05) is 5.32 Å². The zero-order chi connectivity index (χ0) is 19.7. The number of aryl methyl sites for hydroxylation is 1. The van der Waals surface area contributed by atoms with Crippen molar-refractivity contribution in [1.29, 1.82) is 0 Å². The number of alkyl halides is 2. The van der Waals surface area contributed by atoms with Gasteiger partial charge in [-0.15, -0.1) is 0 Å². The number of aromatic nitrogens is 5. The lowest BCUT2D eigenvalue weighted by molar-refractivity contribution is 0.152. The monoisotopic (exact) mass is 384 g/mol. The van der Waals surface area contributed by atoms with Crippen molar-refractivity contribution >= 4 is 16.9 Å². The summed E-state index contributed by atoms with van der Waals surface area (Å²) >= 11 is 0. The number of hydrogen-bond acceptors (Lipinski definition) is 5. The van der Waals surface area contributed by atoms with E-state index >= 15 is 0 Å². The molecule has 0 fully saturated rings. The van der Waals surface area contributed by atoms with Crippen LogP contribution in [0.2, 0.25) is 0 Å². The number of benzene rings is 1. The molecule has 0 bridgehead atoms. The first kappa shape index (κ1) is 18.1. The summed E-state index contributed by atoms with van der Waals surface area (Å²) in [6.07, 6.45) is -2.28. The van der Waals surface area contributed by atoms with Crippen molar-refractivity contribution in [3.8, 4) is 11.3 Å². The molecule has 3 N–H and O–H groups in total. The predicted octanol–water partition coefficient (Wildman–Crippen LogP) is 3.88. The molecule has 144 valence electrons. The average Bonchev–Trinajstić information content (AvgIpc) is 3.34. The lowest BCUT2D eigenvalue weighted by atomic mass is 10.1. The summed E-state index contributed by atoms with van der Waals surface area (Å²) in [4.78, 5) is 11.6. The molecule has 28 heavy (non-hydrogen) atoms. The quantitative estimate of drug-likeness (QED) is 0.439. The Bertz CT molecular complexity index is 1110. The summed E-state index contributed by atoms with van der Waals surface area (Å²) in [5, 5.41) is 18.0. The van der Waals surface area contributed by atoms with Crippen molar-refractivity contribution in [2.24, 2.45) is 0 Å². The van der Waals surface area contributed by atoms with Gasteiger partial charge in [-0.3, -0.25) is 0 Å². The number of nitrogens with zero attached hydrogens (tertiary/aromatic N) is 4. The number of pyridine rings is 1. The van der Waals surface area contributed by atoms with Crippen molar-refractivity contribution in [2.45, 2.75) is 26.1 Å². The van der Waals surface area contributed by atoms with Crippen LogP contribution in [0.4, 0.5) is 14.6 Å². The minimum atomic E-state index is -2.57. The molecule has 1 atom stereocenters. The number of fused-ring (bicyclic) bond motifs is 1. The van der Waals surface area contributed by atoms with Crippen LogP contribution in [0.1, 0.15) is 31.0 Å². The van der Waals surface area contributed by atoms with Gasteiger partial charge in [0.15, 0.2) is 12.1 Å². The van der Waals surface area contributed by atoms with Gasteiger partial charge in [0.25, 0.3) is 6.43 Å². The maximum absolute atomic E-state index is 13.3. The van der Waals surface area contributed by atoms with Crippen LogP contribution >= 0.6 is 0 Å². The van der Waals surface area contributed by atoms with E-state index in [9.17, 15) is 13.9 Å². The Labute approximate surface area is 159 Å². The normalized spacial score (nSPS) is 12.6. The Hall–Kier alpha value is -3.33. The van der Waals surface area contributed by atoms with Crippen LogP contribution in [0.5, 0.6) is 0 Å². The largest absolute Gasteiger partial charge is 0.367 e. The van der Waals surface area contributed by atoms with Gasteiger partial charge in [0.2, 0.25) is 0 Å². The van der Waals surface area contributed by atoms with E-state index in [0.717, 1.165) is 5.39 Å². The minimum Gasteiger partial charge on any atom is -0.367 e. The van der Waals surface area contributed by atoms with E-state index < -0.39 is 12.7 Å². The third-order valence-corrected chi connectivity index (χ3v) is 4.44. The van der Waals surface area contributed by atoms with Gasteiger partial charge in [-0.2, -0.15) is 5.10 Å². The summed E-state index contributed by atoms with van der Waals surface area (Å²) in [5.74, 6) is 0.795. The zero-order valence-corrected chi connectivity index (χ0v) is 15.0. The van der Waals surface area contributed by atoms with Crippen LogP contribution in [0.3, 0.4) is 0 Å². The van der Waals surface area contributed by atoms with E-state index in [1.54, 1.807) is 41.1 Å². The molecule has 0 aliphatic rings. The molecule has 1 unspecified atom stereocenters. The molecule has 4 aromatic rings. The molecule has 0 aliphatic carbocycles. The molecule has 1 aromatic carbocycles. The van der Waals surface area contributed by atoms with Crippen molar-refractivity contribution < 1.29 is 13.9 Å². The van der Waals surface area contributed by atoms with Crippen molar-refractivity contribution in [3.63, 3.8) is 0 Å². The van der Waals surface area contributed by atoms with Gasteiger partial charge >= 0.3 is 0 Å². The van der Waals surface area contributed by atoms with Crippen LogP contribution in [-0.4, -0.2) is 29.8 Å². The van der Waals surface area contributed by atoms with Crippen LogP contribution in [0.15, 0.2) is 48.8 Å². The minimum absolute atomic E-state index is 0.0401. The highest BCUT2D eigenvalue weighted by Gasteiger charge is 2.17. The molecular formula is C19H18F2N6O. The van der Waals surface area contributed by atoms with Gasteiger partial charge in [0, 0.05) is 28.8 Å². The average molecular weight is 384 g/mol. The van der Waals surface area contributed by atoms with E-state index in [1.165, 1.54) is 12.4 Å². The van der Waals surface area contributed by atoms with Crippen LogP contribution in [0.25, 0.3) is 22.3 Å². The summed E-state index contributed by atoms with van der Waals surface area (Å²) in [6, 6.07) is 11.6. The topological polar surface area (TPSA) is 91.6 Å². The molecule has 0 radical (unpaired) electrons. The second-order valence-electron chi connectivity index (χ2n) is 6.19. The smallest absolute Gasteiger partial charge is 0.264 e. The Kier molecular flexibility index (Phi) is 4.74. The maximum atomic E-state index is 13.3. The van der Waals surface area contributed by atoms with Gasteiger partial charge < -0.3 is 15.4 Å². The van der Waals surface area contributed by atoms with E-state index in [4.69, 9.17) is 0 Å². The molecule has 0 saturated carbocycles. The Morgan fingerprint density at radius 1 is 1.21 bits per heavy atom. The summed E-state index contributed by atoms with van der Waals surface area (Å²) in [6.45, 7) is 2.47. The number of anilines is 1. The van der Waals surface area contributed by atoms with E-state index in [-0.39, 0.29) is 5.56 Å². The third kappa shape index (κ3) is 3.31. The number of aromatic amines is 1. The van der Waals surface area contributed by atoms with E-state index in [1.807, 2.05) is 6.92 Å². The molecule has 0 aliphatic heterocycles. The molecule has 3 aromatic heterocycles. The van der Waals surface area contributed by atoms with Gasteiger partial charge in [-0.25, -0.2) is 23.4 Å². The van der Waals surface area contributed by atoms with Crippen LogP contribution in [0, 0.1) is 0 Å². The summed E-state index contributed by atoms with van der Waals surface area (Å²) in [7, 11) is 0. The van der Waals surface area contributed by atoms with Gasteiger partial charge in [-0.1, -0.05) is 24.3 Å². The first-order valence-electron chi connectivity index (χ1n) is 8.76. The second-order valence-corrected chi connectivity index (χ2v) is 6.19. The highest BCUT2D eigenvalue weighted by molar-refractivity contribution is 5.85. The van der Waals surface area contributed by atoms with Crippen LogP contribution in [-0.2, 0) is 6.54 Å². The fourth-order valence-electron chi connectivity index (χ4n) is 3.10. The third-order valence-electron chi connectivity index (χ3n) is 4.44. The van der Waals surface area contributed by atoms with Gasteiger partial charge in [0.05, 0.1) is 0 Å². The number of aliphatic hydroxyl groups excluding tert-OH is 1. The summed E-state index contributed by atoms with van der Waals surface area (Å²) < 4.78 is 28.2. The molecule has 4 rings (SSSR count). The van der Waals surface area contributed by atoms with Crippen molar-refractivity contribution in [3.05, 3.63) is 60.2 Å². The number of nitrogens with one attached hydrogen (secondary N) is 2. The lowest BCUT2D eigenvalue weighted by Gasteiger charge is -2.13. The van der Waals surface area contributed by atoms with E-state index in [0.29, 0.717) is 35.1 Å². The number of hydrogen-bond donors (Lipinski definition) is 3. The lowest BCUT2D eigenvalue weighted by Crippen LogP contribution is -2.17. The molecule has 0 amide bonds. The highest BCUT2D eigenvalue weighted by atomic mass is 19.3. The molecule has 3 heterocycles. The second kappa shape index (κ2) is 7.35. The SMILES string of the molecule is CCn1ncnc1C(O)Nc1ccc2cc(-c3ccccc3C(F)F)[nH]c2n1. The Balaban J connectivity index is 1.64. The Morgan fingerprint density at radius 2 is 2.04 bits per heavy atom. The van der Waals surface area contributed by atoms with E-state index in [2.05, 4.69) is 25.4 Å². The number of rotatable bonds is 6. The number of H-pyrrole nitrogens is 1. The first-order chi connectivity index (χ1) is 13.6. The van der Waals surface area contributed by atoms with Crippen molar-refractivity contribution in [1.82, 2.24) is 24.7 Å². The van der Waals surface area contributed by atoms with Gasteiger partial charge in [0.1, 0.15) is 17.8 Å². The Morgan fingerprint density at radius 3 is 2.82 bits per heavy atom. The predicted molar refractivity (Wildman–Crippen MR) is 101 cm³/mol. The standard InChI is InChI=1S/C19H18F2N6O/c1-2-27-18(22-10-23-27)19(28)26-15-8-7-11-9-14(24-17(11)25-15)12-5-3-4-6-13(12)16(20)21/h3-10,16,19,28H,2H2,1H3,(H2,24,25,26). The molecule has 0 saturated heterocycles. The first-order valence-corrected chi connectivity index (χ1v) is 8.76. The molecular weight excluding hydrogens is 366 g/mol.